The fraction of sp³-hybridized carbons (Fsp3) is 0.550. The van der Waals surface area contributed by atoms with Crippen LogP contribution < -0.4 is 0 Å². The van der Waals surface area contributed by atoms with Crippen LogP contribution in [0.5, 0.6) is 0 Å². The van der Waals surface area contributed by atoms with E-state index < -0.39 is 12.0 Å². The summed E-state index contributed by atoms with van der Waals surface area (Å²) in [4.78, 5) is 17.4. The van der Waals surface area contributed by atoms with E-state index in [0.717, 1.165) is 36.8 Å². The van der Waals surface area contributed by atoms with Crippen LogP contribution in [-0.2, 0) is 4.79 Å². The molecule has 0 amide bonds. The maximum atomic E-state index is 13.5. The van der Waals surface area contributed by atoms with Crippen LogP contribution in [0.15, 0.2) is 24.4 Å². The van der Waals surface area contributed by atoms with Gasteiger partial charge in [0.15, 0.2) is 0 Å². The van der Waals surface area contributed by atoms with Gasteiger partial charge in [0.25, 0.3) is 0 Å². The number of benzene rings is 1. The molecule has 1 saturated carbocycles. The van der Waals surface area contributed by atoms with Gasteiger partial charge in [-0.2, -0.15) is 0 Å². The smallest absolute Gasteiger partial charge is 0.325 e. The second-order valence-electron chi connectivity index (χ2n) is 9.06. The molecule has 1 aromatic heterocycles. The van der Waals surface area contributed by atoms with Crippen molar-refractivity contribution < 1.29 is 14.3 Å². The normalized spacial score (nSPS) is 29.8. The Morgan fingerprint density at radius 1 is 1.36 bits per heavy atom. The van der Waals surface area contributed by atoms with Crippen LogP contribution in [0.25, 0.3) is 10.9 Å². The number of carboxylic acids is 1. The van der Waals surface area contributed by atoms with Crippen molar-refractivity contribution in [2.75, 3.05) is 6.54 Å². The first kappa shape index (κ1) is 16.6. The van der Waals surface area contributed by atoms with Crippen molar-refractivity contribution in [2.45, 2.75) is 52.1 Å². The zero-order valence-electron chi connectivity index (χ0n) is 15.0. The second-order valence-corrected chi connectivity index (χ2v) is 9.06. The van der Waals surface area contributed by atoms with E-state index in [2.05, 4.69) is 30.7 Å². The molecule has 4 rings (SSSR count). The summed E-state index contributed by atoms with van der Waals surface area (Å²) in [6.45, 7) is 7.65. The van der Waals surface area contributed by atoms with Gasteiger partial charge in [-0.05, 0) is 48.3 Å². The van der Waals surface area contributed by atoms with Crippen molar-refractivity contribution in [1.29, 1.82) is 0 Å². The summed E-state index contributed by atoms with van der Waals surface area (Å²) in [5, 5.41) is 10.8. The number of aromatic nitrogens is 1. The highest BCUT2D eigenvalue weighted by Gasteiger charge is 2.52. The van der Waals surface area contributed by atoms with Gasteiger partial charge in [-0.3, -0.25) is 9.69 Å². The molecule has 1 aliphatic carbocycles. The number of rotatable bonds is 3. The Morgan fingerprint density at radius 2 is 2.12 bits per heavy atom. The Balaban J connectivity index is 1.76. The second kappa shape index (κ2) is 5.31. The highest BCUT2D eigenvalue weighted by molar-refractivity contribution is 5.89. The summed E-state index contributed by atoms with van der Waals surface area (Å²) >= 11 is 0. The number of halogens is 1. The lowest BCUT2D eigenvalue weighted by atomic mass is 9.65. The van der Waals surface area contributed by atoms with Crippen molar-refractivity contribution >= 4 is 16.9 Å². The molecule has 0 radical (unpaired) electrons. The SMILES string of the molecule is CC1(C)C[C@@H]2C[C@](C)(CN2[C@H](C(=O)O)c2c[nH]c3cc(F)ccc23)C1. The average molecular weight is 344 g/mol. The third-order valence-corrected chi connectivity index (χ3v) is 5.99. The van der Waals surface area contributed by atoms with E-state index in [1.165, 1.54) is 12.1 Å². The number of hydrogen-bond acceptors (Lipinski definition) is 2. The van der Waals surface area contributed by atoms with E-state index in [0.29, 0.717) is 5.52 Å². The van der Waals surface area contributed by atoms with Gasteiger partial charge >= 0.3 is 5.97 Å². The number of carboxylic acid groups (broad SMARTS) is 1. The van der Waals surface area contributed by atoms with Crippen molar-refractivity contribution in [2.24, 2.45) is 10.8 Å². The number of nitrogens with one attached hydrogen (secondary N) is 1. The maximum absolute atomic E-state index is 13.5. The number of fused-ring (bicyclic) bond motifs is 3. The highest BCUT2D eigenvalue weighted by atomic mass is 19.1. The molecule has 3 atom stereocenters. The fourth-order valence-corrected chi connectivity index (χ4v) is 5.61. The molecule has 2 fully saturated rings. The number of carbonyl (C=O) groups is 1. The van der Waals surface area contributed by atoms with Crippen LogP contribution in [0.1, 0.15) is 51.6 Å². The molecule has 1 aliphatic heterocycles. The monoisotopic (exact) mass is 344 g/mol. The number of H-pyrrole nitrogens is 1. The highest BCUT2D eigenvalue weighted by Crippen LogP contribution is 2.54. The van der Waals surface area contributed by atoms with E-state index in [-0.39, 0.29) is 22.7 Å². The third kappa shape index (κ3) is 2.74. The van der Waals surface area contributed by atoms with E-state index >= 15 is 0 Å². The van der Waals surface area contributed by atoms with Crippen molar-refractivity contribution in [3.05, 3.63) is 35.8 Å². The summed E-state index contributed by atoms with van der Waals surface area (Å²) in [5.41, 5.74) is 1.78. The van der Waals surface area contributed by atoms with Gasteiger partial charge in [0.2, 0.25) is 0 Å². The number of aliphatic carboxylic acids is 1. The molecule has 2 aromatic rings. The first-order valence-electron chi connectivity index (χ1n) is 8.93. The number of hydrogen-bond donors (Lipinski definition) is 2. The van der Waals surface area contributed by atoms with Crippen LogP contribution >= 0.6 is 0 Å². The van der Waals surface area contributed by atoms with Gasteiger partial charge in [-0.1, -0.05) is 20.8 Å². The largest absolute Gasteiger partial charge is 0.480 e. The minimum atomic E-state index is -0.834. The molecular weight excluding hydrogens is 319 g/mol. The summed E-state index contributed by atoms with van der Waals surface area (Å²) < 4.78 is 13.5. The van der Waals surface area contributed by atoms with Crippen molar-refractivity contribution in [3.63, 3.8) is 0 Å². The summed E-state index contributed by atoms with van der Waals surface area (Å²) in [6, 6.07) is 4.08. The predicted octanol–water partition coefficient (Wildman–Crippen LogP) is 4.33. The van der Waals surface area contributed by atoms with Gasteiger partial charge in [0, 0.05) is 35.2 Å². The standard InChI is InChI=1S/C20H25FN2O2/c1-19(2)7-13-8-20(3,10-19)11-23(13)17(18(24)25)15-9-22-16-6-12(21)4-5-14(15)16/h4-6,9,13,17,22H,7-8,10-11H2,1-3H3,(H,24,25)/t13-,17+,20+/m1/s1. The average Bonchev–Trinajstić information content (AvgIpc) is 2.97. The predicted molar refractivity (Wildman–Crippen MR) is 94.9 cm³/mol. The molecule has 2 heterocycles. The topological polar surface area (TPSA) is 56.3 Å². The molecule has 2 N–H and O–H groups in total. The number of aromatic amines is 1. The first-order valence-corrected chi connectivity index (χ1v) is 8.93. The van der Waals surface area contributed by atoms with Gasteiger partial charge in [-0.15, -0.1) is 0 Å². The lowest BCUT2D eigenvalue weighted by Crippen LogP contribution is -2.39. The molecule has 2 bridgehead atoms. The van der Waals surface area contributed by atoms with Crippen LogP contribution in [0, 0.1) is 16.6 Å². The number of nitrogens with zero attached hydrogens (tertiary/aromatic N) is 1. The van der Waals surface area contributed by atoms with E-state index in [1.54, 1.807) is 12.3 Å². The van der Waals surface area contributed by atoms with Gasteiger partial charge in [0.1, 0.15) is 11.9 Å². The molecule has 134 valence electrons. The Labute approximate surface area is 147 Å². The fourth-order valence-electron chi connectivity index (χ4n) is 5.61. The molecule has 1 aromatic carbocycles. The van der Waals surface area contributed by atoms with Crippen molar-refractivity contribution in [1.82, 2.24) is 9.88 Å². The molecule has 4 nitrogen and oxygen atoms in total. The molecule has 0 spiro atoms. The van der Waals surface area contributed by atoms with E-state index in [9.17, 15) is 14.3 Å². The molecular formula is C20H25FN2O2. The molecule has 25 heavy (non-hydrogen) atoms. The Morgan fingerprint density at radius 3 is 2.84 bits per heavy atom. The van der Waals surface area contributed by atoms with Crippen LogP contribution in [-0.4, -0.2) is 33.5 Å². The minimum absolute atomic E-state index is 0.165. The van der Waals surface area contributed by atoms with Crippen LogP contribution in [0.3, 0.4) is 0 Å². The van der Waals surface area contributed by atoms with E-state index in [1.807, 2.05) is 0 Å². The summed E-state index contributed by atoms with van der Waals surface area (Å²) in [7, 11) is 0. The lowest BCUT2D eigenvalue weighted by molar-refractivity contribution is -0.144. The van der Waals surface area contributed by atoms with Gasteiger partial charge in [-0.25, -0.2) is 4.39 Å². The molecule has 0 unspecified atom stereocenters. The minimum Gasteiger partial charge on any atom is -0.480 e. The zero-order chi connectivity index (χ0) is 18.0. The quantitative estimate of drug-likeness (QED) is 0.871. The lowest BCUT2D eigenvalue weighted by Gasteiger charge is -2.40. The molecule has 2 aliphatic rings. The Bertz CT molecular complexity index is 843. The summed E-state index contributed by atoms with van der Waals surface area (Å²) in [5.74, 6) is -1.15. The number of likely N-dealkylation sites (tertiary alicyclic amines) is 1. The van der Waals surface area contributed by atoms with Crippen LogP contribution in [0.4, 0.5) is 4.39 Å². The Hall–Kier alpha value is -1.88. The Kier molecular flexibility index (Phi) is 3.52. The summed E-state index contributed by atoms with van der Waals surface area (Å²) in [6.07, 6.45) is 4.93. The molecule has 5 heteroatoms. The van der Waals surface area contributed by atoms with E-state index in [4.69, 9.17) is 0 Å². The van der Waals surface area contributed by atoms with Gasteiger partial charge < -0.3 is 10.1 Å². The third-order valence-electron chi connectivity index (χ3n) is 5.99. The molecule has 1 saturated heterocycles. The maximum Gasteiger partial charge on any atom is 0.325 e. The zero-order valence-corrected chi connectivity index (χ0v) is 15.0. The van der Waals surface area contributed by atoms with Gasteiger partial charge in [0.05, 0.1) is 0 Å². The van der Waals surface area contributed by atoms with Crippen LogP contribution in [0.2, 0.25) is 0 Å². The van der Waals surface area contributed by atoms with Crippen molar-refractivity contribution in [3.8, 4) is 0 Å². The first-order chi connectivity index (χ1) is 11.7.